The van der Waals surface area contributed by atoms with Gasteiger partial charge in [-0.1, -0.05) is 11.6 Å². The quantitative estimate of drug-likeness (QED) is 0.729. The van der Waals surface area contributed by atoms with E-state index in [2.05, 4.69) is 9.97 Å². The highest BCUT2D eigenvalue weighted by atomic mass is 35.5. The number of halogens is 3. The van der Waals surface area contributed by atoms with Crippen molar-refractivity contribution in [3.63, 3.8) is 0 Å². The van der Waals surface area contributed by atoms with Gasteiger partial charge in [-0.2, -0.15) is 0 Å². The molecule has 1 atom stereocenters. The van der Waals surface area contributed by atoms with Crippen LogP contribution in [0, 0.1) is 6.92 Å². The number of hydrogen-bond donors (Lipinski definition) is 0. The van der Waals surface area contributed by atoms with Gasteiger partial charge in [0.15, 0.2) is 6.61 Å². The summed E-state index contributed by atoms with van der Waals surface area (Å²) in [7, 11) is 0. The second-order valence-corrected chi connectivity index (χ2v) is 6.84. The van der Waals surface area contributed by atoms with Gasteiger partial charge in [-0.15, -0.1) is 0 Å². The van der Waals surface area contributed by atoms with Crippen LogP contribution >= 0.6 is 11.6 Å². The number of rotatable bonds is 5. The summed E-state index contributed by atoms with van der Waals surface area (Å²) in [6.45, 7) is 4.02. The number of aromatic nitrogens is 2. The van der Waals surface area contributed by atoms with Gasteiger partial charge in [0.2, 0.25) is 5.88 Å². The lowest BCUT2D eigenvalue weighted by atomic mass is 10.1. The number of aryl methyl sites for hydroxylation is 1. The summed E-state index contributed by atoms with van der Waals surface area (Å²) < 4.78 is 31.0. The highest BCUT2D eigenvalue weighted by Crippen LogP contribution is 2.34. The summed E-state index contributed by atoms with van der Waals surface area (Å²) in [4.78, 5) is 22.5. The number of ether oxygens (including phenoxy) is 1. The molecule has 0 spiro atoms. The topological polar surface area (TPSA) is 55.3 Å². The minimum absolute atomic E-state index is 0.125. The Kier molecular flexibility index (Phi) is 4.84. The Labute approximate surface area is 155 Å². The summed E-state index contributed by atoms with van der Waals surface area (Å²) in [5, 5.41) is 0.323. The van der Waals surface area contributed by atoms with Crippen LogP contribution in [0.25, 0.3) is 0 Å². The molecular weight excluding hydrogens is 364 g/mol. The maximum Gasteiger partial charge on any atom is 0.278 e. The molecule has 138 valence electrons. The Morgan fingerprint density at radius 1 is 1.42 bits per heavy atom. The van der Waals surface area contributed by atoms with Crippen LogP contribution < -0.4 is 4.74 Å². The zero-order chi connectivity index (χ0) is 19.1. The van der Waals surface area contributed by atoms with Crippen molar-refractivity contribution in [2.75, 3.05) is 6.61 Å². The Hall–Kier alpha value is -2.28. The molecule has 3 rings (SSSR count). The summed E-state index contributed by atoms with van der Waals surface area (Å²) in [5.41, 5.74) is 2.67. The van der Waals surface area contributed by atoms with Gasteiger partial charge in [-0.3, -0.25) is 4.79 Å². The number of nitrogens with zero attached hydrogens (tertiary/aromatic N) is 3. The van der Waals surface area contributed by atoms with Gasteiger partial charge in [0.25, 0.3) is 11.8 Å². The average molecular weight is 382 g/mol. The number of hydrogen-bond acceptors (Lipinski definition) is 4. The van der Waals surface area contributed by atoms with Crippen molar-refractivity contribution in [3.8, 4) is 5.88 Å². The Morgan fingerprint density at radius 2 is 2.15 bits per heavy atom. The maximum atomic E-state index is 12.9. The minimum atomic E-state index is -2.93. The van der Waals surface area contributed by atoms with E-state index in [9.17, 15) is 13.6 Å². The zero-order valence-corrected chi connectivity index (χ0v) is 15.3. The van der Waals surface area contributed by atoms with Gasteiger partial charge in [-0.05, 0) is 31.5 Å². The molecule has 2 aromatic heterocycles. The third-order valence-corrected chi connectivity index (χ3v) is 4.61. The van der Waals surface area contributed by atoms with E-state index in [-0.39, 0.29) is 17.8 Å². The molecule has 5 nitrogen and oxygen atoms in total. The summed E-state index contributed by atoms with van der Waals surface area (Å²) in [5.74, 6) is -2.90. The maximum absolute atomic E-state index is 12.9. The number of fused-ring (bicyclic) bond motifs is 1. The highest BCUT2D eigenvalue weighted by Gasteiger charge is 2.33. The van der Waals surface area contributed by atoms with Gasteiger partial charge >= 0.3 is 0 Å². The van der Waals surface area contributed by atoms with Crippen molar-refractivity contribution < 1.29 is 18.3 Å². The predicted octanol–water partition coefficient (Wildman–Crippen LogP) is 4.19. The van der Waals surface area contributed by atoms with E-state index in [1.165, 1.54) is 12.4 Å². The average Bonchev–Trinajstić information content (AvgIpc) is 2.91. The normalized spacial score (nSPS) is 15.2. The molecule has 0 N–H and O–H groups in total. The first kappa shape index (κ1) is 18.5. The van der Waals surface area contributed by atoms with Gasteiger partial charge in [-0.25, -0.2) is 18.7 Å². The fraction of sp³-hybridized carbons (Fsp3) is 0.389. The number of amides is 1. The molecule has 0 fully saturated rings. The number of alkyl halides is 2. The van der Waals surface area contributed by atoms with E-state index in [1.807, 2.05) is 6.92 Å². The lowest BCUT2D eigenvalue weighted by Crippen LogP contribution is -2.27. The van der Waals surface area contributed by atoms with Crippen molar-refractivity contribution in [3.05, 3.63) is 51.9 Å². The third-order valence-electron chi connectivity index (χ3n) is 4.29. The molecule has 0 radical (unpaired) electrons. The molecule has 1 aliphatic rings. The van der Waals surface area contributed by atoms with Crippen LogP contribution in [0.5, 0.6) is 5.88 Å². The molecule has 3 heterocycles. The third kappa shape index (κ3) is 3.62. The van der Waals surface area contributed by atoms with Gasteiger partial charge in [0.05, 0.1) is 12.6 Å². The van der Waals surface area contributed by atoms with Crippen LogP contribution in [0.4, 0.5) is 8.78 Å². The number of pyridine rings is 2. The van der Waals surface area contributed by atoms with Crippen LogP contribution in [0.15, 0.2) is 24.5 Å². The predicted molar refractivity (Wildman–Crippen MR) is 92.6 cm³/mol. The smallest absolute Gasteiger partial charge is 0.278 e. The number of carbonyl (C=O) groups is 1. The van der Waals surface area contributed by atoms with Crippen LogP contribution in [-0.2, 0) is 6.54 Å². The van der Waals surface area contributed by atoms with Crippen LogP contribution in [-0.4, -0.2) is 33.3 Å². The van der Waals surface area contributed by atoms with Crippen molar-refractivity contribution in [2.24, 2.45) is 0 Å². The lowest BCUT2D eigenvalue weighted by molar-refractivity contribution is -0.0244. The van der Waals surface area contributed by atoms with E-state index in [4.69, 9.17) is 16.3 Å². The second kappa shape index (κ2) is 6.79. The minimum Gasteiger partial charge on any atom is -0.471 e. The van der Waals surface area contributed by atoms with E-state index >= 15 is 0 Å². The standard InChI is InChI=1S/C18H18ClF2N3O2/c1-10-6-12(7-23-16(10)26-9-18(3,20)21)11(2)24-8-14-13(17(24)25)4-5-22-15(14)19/h4-7,11H,8-9H2,1-3H3. The van der Waals surface area contributed by atoms with Gasteiger partial charge in [0.1, 0.15) is 5.15 Å². The van der Waals surface area contributed by atoms with Gasteiger partial charge < -0.3 is 9.64 Å². The highest BCUT2D eigenvalue weighted by molar-refractivity contribution is 6.30. The molecule has 0 aromatic carbocycles. The van der Waals surface area contributed by atoms with E-state index in [0.29, 0.717) is 28.4 Å². The summed E-state index contributed by atoms with van der Waals surface area (Å²) >= 11 is 6.09. The molecular formula is C18H18ClF2N3O2. The molecule has 0 bridgehead atoms. The van der Waals surface area contributed by atoms with E-state index in [1.54, 1.807) is 24.0 Å². The molecule has 26 heavy (non-hydrogen) atoms. The van der Waals surface area contributed by atoms with Crippen molar-refractivity contribution in [2.45, 2.75) is 39.3 Å². The molecule has 1 aliphatic heterocycles. The van der Waals surface area contributed by atoms with Crippen LogP contribution in [0.2, 0.25) is 5.15 Å². The Bertz CT molecular complexity index is 855. The Morgan fingerprint density at radius 3 is 2.77 bits per heavy atom. The molecule has 0 saturated heterocycles. The van der Waals surface area contributed by atoms with Crippen LogP contribution in [0.3, 0.4) is 0 Å². The lowest BCUT2D eigenvalue weighted by Gasteiger charge is -2.25. The van der Waals surface area contributed by atoms with Crippen LogP contribution in [0.1, 0.15) is 46.9 Å². The molecule has 1 amide bonds. The van der Waals surface area contributed by atoms with Gasteiger partial charge in [0, 0.05) is 36.0 Å². The first-order valence-corrected chi connectivity index (χ1v) is 8.46. The van der Waals surface area contributed by atoms with E-state index in [0.717, 1.165) is 12.5 Å². The summed E-state index contributed by atoms with van der Waals surface area (Å²) in [6, 6.07) is 3.18. The monoisotopic (exact) mass is 381 g/mol. The van der Waals surface area contributed by atoms with Crippen molar-refractivity contribution in [1.82, 2.24) is 14.9 Å². The second-order valence-electron chi connectivity index (χ2n) is 6.49. The zero-order valence-electron chi connectivity index (χ0n) is 14.6. The Balaban J connectivity index is 1.79. The molecule has 1 unspecified atom stereocenters. The molecule has 2 aromatic rings. The number of carbonyl (C=O) groups excluding carboxylic acids is 1. The molecule has 0 saturated carbocycles. The van der Waals surface area contributed by atoms with Crippen molar-refractivity contribution in [1.29, 1.82) is 0 Å². The fourth-order valence-corrected chi connectivity index (χ4v) is 3.08. The molecule has 8 heteroatoms. The van der Waals surface area contributed by atoms with Crippen molar-refractivity contribution >= 4 is 17.5 Å². The summed E-state index contributed by atoms with van der Waals surface area (Å²) in [6.07, 6.45) is 3.05. The first-order chi connectivity index (χ1) is 12.2. The first-order valence-electron chi connectivity index (χ1n) is 8.09. The SMILES string of the molecule is Cc1cc(C(C)N2Cc3c(ccnc3Cl)C2=O)cnc1OCC(C)(F)F. The fourth-order valence-electron chi connectivity index (χ4n) is 2.87. The van der Waals surface area contributed by atoms with E-state index < -0.39 is 12.5 Å². The molecule has 0 aliphatic carbocycles. The largest absolute Gasteiger partial charge is 0.471 e.